The number of carbonyl (C=O) groups excluding carboxylic acids is 1. The Balaban J connectivity index is 1.62. The summed E-state index contributed by atoms with van der Waals surface area (Å²) in [4.78, 5) is 12.5. The molecule has 3 fully saturated rings. The van der Waals surface area contributed by atoms with Crippen LogP contribution in [-0.2, 0) is 11.2 Å². The number of nitrogens with zero attached hydrogens (tertiary/aromatic N) is 1. The number of hydrogen-bond acceptors (Lipinski definition) is 3. The van der Waals surface area contributed by atoms with Gasteiger partial charge in [-0.2, -0.15) is 5.26 Å². The normalized spacial score (nSPS) is 44.8. The lowest BCUT2D eigenvalue weighted by Gasteiger charge is -2.50. The van der Waals surface area contributed by atoms with E-state index in [1.807, 2.05) is 13.0 Å². The van der Waals surface area contributed by atoms with E-state index in [9.17, 15) is 19.6 Å². The van der Waals surface area contributed by atoms with Crippen LogP contribution >= 0.6 is 0 Å². The molecule has 0 amide bonds. The van der Waals surface area contributed by atoms with Gasteiger partial charge in [0.15, 0.2) is 12.0 Å². The average Bonchev–Trinajstić information content (AvgIpc) is 3.29. The number of carbonyl (C=O) groups is 1. The number of Topliss-reactive ketones (excluding diaryl/α,β-unsaturated/α-hetero) is 1. The van der Waals surface area contributed by atoms with Crippen molar-refractivity contribution < 1.29 is 14.3 Å². The van der Waals surface area contributed by atoms with E-state index in [-0.39, 0.29) is 28.8 Å². The predicted molar refractivity (Wildman–Crippen MR) is 85.2 cm³/mol. The largest absolute Gasteiger partial charge is 0.507 e. The molecule has 0 unspecified atom stereocenters. The minimum atomic E-state index is -1.27. The van der Waals surface area contributed by atoms with Crippen molar-refractivity contribution in [1.29, 1.82) is 5.26 Å². The van der Waals surface area contributed by atoms with Crippen LogP contribution < -0.4 is 0 Å². The van der Waals surface area contributed by atoms with Gasteiger partial charge in [0.25, 0.3) is 0 Å². The molecule has 4 heteroatoms. The number of aryl methyl sites for hydroxylation is 1. The maximum Gasteiger partial charge on any atom is 0.173 e. The maximum absolute atomic E-state index is 14.5. The molecule has 24 heavy (non-hydrogen) atoms. The molecule has 0 aromatic heterocycles. The zero-order valence-corrected chi connectivity index (χ0v) is 13.7. The fourth-order valence-electron chi connectivity index (χ4n) is 6.66. The van der Waals surface area contributed by atoms with Gasteiger partial charge in [0, 0.05) is 11.3 Å². The van der Waals surface area contributed by atoms with Crippen LogP contribution in [0.2, 0.25) is 0 Å². The molecule has 4 aliphatic carbocycles. The van der Waals surface area contributed by atoms with Gasteiger partial charge in [-0.1, -0.05) is 6.92 Å². The first-order valence-corrected chi connectivity index (χ1v) is 8.88. The number of halogens is 1. The number of benzene rings is 1. The fourth-order valence-corrected chi connectivity index (χ4v) is 6.66. The van der Waals surface area contributed by atoms with Crippen molar-refractivity contribution in [3.05, 3.63) is 28.8 Å². The molecule has 0 heterocycles. The zero-order chi connectivity index (χ0) is 16.9. The number of aromatic hydroxyl groups is 1. The molecule has 0 aliphatic heterocycles. The third-order valence-electron chi connectivity index (χ3n) is 7.84. The van der Waals surface area contributed by atoms with Crippen molar-refractivity contribution in [3.8, 4) is 11.8 Å². The topological polar surface area (TPSA) is 61.1 Å². The van der Waals surface area contributed by atoms with Gasteiger partial charge in [-0.05, 0) is 72.6 Å². The van der Waals surface area contributed by atoms with Crippen molar-refractivity contribution in [1.82, 2.24) is 0 Å². The molecule has 4 aliphatic rings. The van der Waals surface area contributed by atoms with Crippen molar-refractivity contribution >= 4 is 5.78 Å². The van der Waals surface area contributed by atoms with Crippen LogP contribution in [0, 0.1) is 34.0 Å². The summed E-state index contributed by atoms with van der Waals surface area (Å²) in [5, 5.41) is 19.2. The molecular formula is C20H20FNO2. The fraction of sp³-hybridized carbons (Fsp3) is 0.600. The second kappa shape index (κ2) is 4.20. The highest BCUT2D eigenvalue weighted by Gasteiger charge is 2.81. The summed E-state index contributed by atoms with van der Waals surface area (Å²) >= 11 is 0. The van der Waals surface area contributed by atoms with Crippen molar-refractivity contribution in [2.45, 2.75) is 51.1 Å². The predicted octanol–water partition coefficient (Wildman–Crippen LogP) is 3.64. The number of alkyl halides is 1. The number of phenols is 1. The Morgan fingerprint density at radius 1 is 1.33 bits per heavy atom. The van der Waals surface area contributed by atoms with Crippen molar-refractivity contribution in [2.24, 2.45) is 22.7 Å². The van der Waals surface area contributed by atoms with E-state index < -0.39 is 11.6 Å². The van der Waals surface area contributed by atoms with Crippen LogP contribution in [0.25, 0.3) is 0 Å². The number of phenolic OH excluding ortho intramolecular Hbond substituents is 1. The molecule has 1 spiro atoms. The first-order chi connectivity index (χ1) is 11.4. The molecular weight excluding hydrogens is 305 g/mol. The molecule has 5 rings (SSSR count). The lowest BCUT2D eigenvalue weighted by atomic mass is 9.52. The quantitative estimate of drug-likeness (QED) is 0.792. The lowest BCUT2D eigenvalue weighted by molar-refractivity contribution is -0.136. The third kappa shape index (κ3) is 1.37. The SMILES string of the molecule is C[C@]12CC[C@@H]3c4cc(C#N)c(O)cc4CC[C@H]3[C@@]13C[C@H]3[C@H](F)C2=O. The maximum atomic E-state index is 14.5. The van der Waals surface area contributed by atoms with E-state index in [0.29, 0.717) is 11.5 Å². The molecule has 1 N–H and O–H groups in total. The molecule has 1 aromatic carbocycles. The molecule has 0 saturated heterocycles. The minimum absolute atomic E-state index is 0.0534. The van der Waals surface area contributed by atoms with E-state index in [0.717, 1.165) is 43.2 Å². The van der Waals surface area contributed by atoms with E-state index in [4.69, 9.17) is 0 Å². The summed E-state index contributed by atoms with van der Waals surface area (Å²) in [6.07, 6.45) is 2.98. The first-order valence-electron chi connectivity index (χ1n) is 8.88. The van der Waals surface area contributed by atoms with Crippen molar-refractivity contribution in [2.75, 3.05) is 0 Å². The Labute approximate surface area is 140 Å². The highest BCUT2D eigenvalue weighted by Crippen LogP contribution is 2.80. The van der Waals surface area contributed by atoms with Crippen LogP contribution in [0.3, 0.4) is 0 Å². The smallest absolute Gasteiger partial charge is 0.173 e. The third-order valence-corrected chi connectivity index (χ3v) is 7.84. The van der Waals surface area contributed by atoms with E-state index in [1.165, 1.54) is 0 Å². The second-order valence-electron chi connectivity index (χ2n) is 8.42. The lowest BCUT2D eigenvalue weighted by Crippen LogP contribution is -2.46. The van der Waals surface area contributed by atoms with Gasteiger partial charge in [0.1, 0.15) is 11.8 Å². The summed E-state index contributed by atoms with van der Waals surface area (Å²) in [6.45, 7) is 2.00. The van der Waals surface area contributed by atoms with E-state index in [1.54, 1.807) is 6.07 Å². The van der Waals surface area contributed by atoms with Crippen LogP contribution in [0.15, 0.2) is 12.1 Å². The van der Waals surface area contributed by atoms with Gasteiger partial charge < -0.3 is 5.11 Å². The summed E-state index contributed by atoms with van der Waals surface area (Å²) in [6, 6.07) is 5.63. The van der Waals surface area contributed by atoms with Crippen LogP contribution in [0.5, 0.6) is 5.75 Å². The Morgan fingerprint density at radius 3 is 2.88 bits per heavy atom. The highest BCUT2D eigenvalue weighted by molar-refractivity contribution is 5.94. The number of rotatable bonds is 0. The monoisotopic (exact) mass is 325 g/mol. The van der Waals surface area contributed by atoms with Gasteiger partial charge in [-0.3, -0.25) is 4.79 Å². The second-order valence-corrected chi connectivity index (χ2v) is 8.42. The van der Waals surface area contributed by atoms with Gasteiger partial charge >= 0.3 is 0 Å². The Bertz CT molecular complexity index is 828. The van der Waals surface area contributed by atoms with E-state index in [2.05, 4.69) is 6.07 Å². The molecule has 0 radical (unpaired) electrons. The number of hydrogen-bond donors (Lipinski definition) is 1. The summed E-state index contributed by atoms with van der Waals surface area (Å²) < 4.78 is 14.5. The number of fused-ring (bicyclic) bond motifs is 3. The van der Waals surface area contributed by atoms with Crippen LogP contribution in [-0.4, -0.2) is 17.1 Å². The van der Waals surface area contributed by atoms with Gasteiger partial charge in [-0.15, -0.1) is 0 Å². The number of ketones is 1. The average molecular weight is 325 g/mol. The highest BCUT2D eigenvalue weighted by atomic mass is 19.1. The summed E-state index contributed by atoms with van der Waals surface area (Å²) in [5.41, 5.74) is 1.93. The Kier molecular flexibility index (Phi) is 2.53. The van der Waals surface area contributed by atoms with Gasteiger partial charge in [0.2, 0.25) is 0 Å². The first kappa shape index (κ1) is 14.5. The van der Waals surface area contributed by atoms with Crippen LogP contribution in [0.1, 0.15) is 55.2 Å². The summed E-state index contributed by atoms with van der Waals surface area (Å²) in [5.74, 6) is 0.424. The molecule has 3 nitrogen and oxygen atoms in total. The molecule has 0 bridgehead atoms. The van der Waals surface area contributed by atoms with Crippen molar-refractivity contribution in [3.63, 3.8) is 0 Å². The van der Waals surface area contributed by atoms with Crippen LogP contribution in [0.4, 0.5) is 4.39 Å². The Hall–Kier alpha value is -1.89. The van der Waals surface area contributed by atoms with E-state index >= 15 is 0 Å². The summed E-state index contributed by atoms with van der Waals surface area (Å²) in [7, 11) is 0. The zero-order valence-electron chi connectivity index (χ0n) is 13.7. The number of nitriles is 1. The Morgan fingerprint density at radius 2 is 2.12 bits per heavy atom. The standard InChI is InChI=1S/C20H20FNO2/c1-19-5-4-12-13-6-11(9-22)16(23)7-10(13)2-3-14(12)20(19)8-15(20)17(21)18(19)24/h6-7,12,14-15,17,23H,2-5,8H2,1H3/t12-,14-,15+,17+,19-,20-/m1/s1. The molecule has 6 atom stereocenters. The molecule has 1 aromatic rings. The molecule has 124 valence electrons. The van der Waals surface area contributed by atoms with Gasteiger partial charge in [-0.25, -0.2) is 4.39 Å². The minimum Gasteiger partial charge on any atom is -0.507 e. The van der Waals surface area contributed by atoms with Gasteiger partial charge in [0.05, 0.1) is 5.56 Å². The molecule has 3 saturated carbocycles.